The van der Waals surface area contributed by atoms with Gasteiger partial charge in [0.05, 0.1) is 10.8 Å². The van der Waals surface area contributed by atoms with Crippen LogP contribution in [0.5, 0.6) is 0 Å². The van der Waals surface area contributed by atoms with E-state index >= 15 is 0 Å². The Morgan fingerprint density at radius 3 is 2.17 bits per heavy atom. The first-order chi connectivity index (χ1) is 11.1. The van der Waals surface area contributed by atoms with Crippen molar-refractivity contribution < 1.29 is 14.7 Å². The number of carboxylic acid groups (broad SMARTS) is 1. The molecule has 1 aromatic carbocycles. The van der Waals surface area contributed by atoms with Crippen LogP contribution in [0.4, 0.5) is 0 Å². The average molecular weight is 315 g/mol. The number of rotatable bonds is 6. The molecule has 0 heterocycles. The van der Waals surface area contributed by atoms with Crippen LogP contribution in [-0.2, 0) is 16.0 Å². The summed E-state index contributed by atoms with van der Waals surface area (Å²) in [5, 5.41) is 12.6. The number of hydrogen-bond donors (Lipinski definition) is 2. The molecule has 2 N–H and O–H groups in total. The Hall–Kier alpha value is -1.84. The number of carbonyl (C=O) groups excluding carboxylic acids is 1. The molecule has 0 saturated heterocycles. The highest BCUT2D eigenvalue weighted by atomic mass is 16.4. The van der Waals surface area contributed by atoms with E-state index in [1.807, 2.05) is 30.3 Å². The standard InChI is InChI=1S/C19H25NO3/c21-16(18(11-12-18)13-15-7-3-1-4-8-15)20-14-19(17(22)23)9-5-2-6-10-19/h1,3-4,7-8H,2,5-6,9-14H2,(H,20,21)(H,22,23). The van der Waals surface area contributed by atoms with Gasteiger partial charge in [-0.3, -0.25) is 9.59 Å². The predicted octanol–water partition coefficient (Wildman–Crippen LogP) is 3.16. The van der Waals surface area contributed by atoms with Gasteiger partial charge in [0, 0.05) is 6.54 Å². The summed E-state index contributed by atoms with van der Waals surface area (Å²) < 4.78 is 0. The Morgan fingerprint density at radius 2 is 1.61 bits per heavy atom. The van der Waals surface area contributed by atoms with Gasteiger partial charge in [0.1, 0.15) is 0 Å². The van der Waals surface area contributed by atoms with Gasteiger partial charge in [0.2, 0.25) is 5.91 Å². The molecule has 1 amide bonds. The first kappa shape index (κ1) is 16.0. The highest BCUT2D eigenvalue weighted by Gasteiger charge is 2.50. The van der Waals surface area contributed by atoms with Crippen molar-refractivity contribution in [2.24, 2.45) is 10.8 Å². The van der Waals surface area contributed by atoms with E-state index in [2.05, 4.69) is 5.32 Å². The van der Waals surface area contributed by atoms with Gasteiger partial charge in [-0.2, -0.15) is 0 Å². The summed E-state index contributed by atoms with van der Waals surface area (Å²) in [5.41, 5.74) is 0.109. The second-order valence-corrected chi connectivity index (χ2v) is 7.27. The van der Waals surface area contributed by atoms with Crippen molar-refractivity contribution in [3.63, 3.8) is 0 Å². The minimum atomic E-state index is -0.759. The van der Waals surface area contributed by atoms with Gasteiger partial charge in [-0.25, -0.2) is 0 Å². The summed E-state index contributed by atoms with van der Waals surface area (Å²) in [6.07, 6.45) is 6.87. The van der Waals surface area contributed by atoms with Crippen LogP contribution in [0.3, 0.4) is 0 Å². The Bertz CT molecular complexity index is 572. The van der Waals surface area contributed by atoms with Crippen LogP contribution in [0.1, 0.15) is 50.5 Å². The molecule has 2 aliphatic rings. The normalized spacial score (nSPS) is 21.4. The Kier molecular flexibility index (Phi) is 4.42. The molecule has 0 radical (unpaired) electrons. The third-order valence-corrected chi connectivity index (χ3v) is 5.57. The number of nitrogens with one attached hydrogen (secondary N) is 1. The number of amides is 1. The van der Waals surface area contributed by atoms with Crippen molar-refractivity contribution in [3.8, 4) is 0 Å². The number of carboxylic acids is 1. The minimum absolute atomic E-state index is 0.0348. The topological polar surface area (TPSA) is 66.4 Å². The summed E-state index contributed by atoms with van der Waals surface area (Å²) >= 11 is 0. The molecule has 2 fully saturated rings. The fraction of sp³-hybridized carbons (Fsp3) is 0.579. The smallest absolute Gasteiger partial charge is 0.311 e. The lowest BCUT2D eigenvalue weighted by molar-refractivity contribution is -0.151. The Morgan fingerprint density at radius 1 is 0.957 bits per heavy atom. The third kappa shape index (κ3) is 3.41. The lowest BCUT2D eigenvalue weighted by Gasteiger charge is -2.33. The molecule has 2 saturated carbocycles. The van der Waals surface area contributed by atoms with Gasteiger partial charge in [0.25, 0.3) is 0 Å². The van der Waals surface area contributed by atoms with Crippen LogP contribution in [0.25, 0.3) is 0 Å². The van der Waals surface area contributed by atoms with Gasteiger partial charge in [-0.15, -0.1) is 0 Å². The van der Waals surface area contributed by atoms with Gasteiger partial charge in [-0.1, -0.05) is 49.6 Å². The van der Waals surface area contributed by atoms with E-state index in [-0.39, 0.29) is 17.9 Å². The lowest BCUT2D eigenvalue weighted by atomic mass is 9.74. The van der Waals surface area contributed by atoms with Crippen molar-refractivity contribution in [3.05, 3.63) is 35.9 Å². The molecule has 2 aliphatic carbocycles. The van der Waals surface area contributed by atoms with Gasteiger partial charge in [-0.05, 0) is 37.7 Å². The third-order valence-electron chi connectivity index (χ3n) is 5.57. The van der Waals surface area contributed by atoms with Crippen LogP contribution in [0.2, 0.25) is 0 Å². The number of aliphatic carboxylic acids is 1. The lowest BCUT2D eigenvalue weighted by Crippen LogP contribution is -2.46. The largest absolute Gasteiger partial charge is 0.481 e. The molecule has 1 aromatic rings. The molecular weight excluding hydrogens is 290 g/mol. The molecular formula is C19H25NO3. The van der Waals surface area contributed by atoms with Crippen LogP contribution in [0, 0.1) is 10.8 Å². The fourth-order valence-electron chi connectivity index (χ4n) is 3.75. The first-order valence-corrected chi connectivity index (χ1v) is 8.62. The first-order valence-electron chi connectivity index (χ1n) is 8.62. The van der Waals surface area contributed by atoms with Crippen molar-refractivity contribution in [1.82, 2.24) is 5.32 Å². The zero-order chi connectivity index (χ0) is 16.3. The monoisotopic (exact) mass is 315 g/mol. The fourth-order valence-corrected chi connectivity index (χ4v) is 3.75. The molecule has 124 valence electrons. The Balaban J connectivity index is 1.61. The summed E-state index contributed by atoms with van der Waals surface area (Å²) in [7, 11) is 0. The zero-order valence-corrected chi connectivity index (χ0v) is 13.5. The van der Waals surface area contributed by atoms with E-state index in [0.29, 0.717) is 12.8 Å². The maximum atomic E-state index is 12.6. The van der Waals surface area contributed by atoms with E-state index in [4.69, 9.17) is 0 Å². The summed E-state index contributed by atoms with van der Waals surface area (Å²) in [6, 6.07) is 10.1. The van der Waals surface area contributed by atoms with E-state index in [0.717, 1.165) is 38.5 Å². The van der Waals surface area contributed by atoms with E-state index in [9.17, 15) is 14.7 Å². The molecule has 4 nitrogen and oxygen atoms in total. The van der Waals surface area contributed by atoms with Crippen molar-refractivity contribution in [1.29, 1.82) is 0 Å². The second kappa shape index (κ2) is 6.34. The van der Waals surface area contributed by atoms with Gasteiger partial charge >= 0.3 is 5.97 Å². The average Bonchev–Trinajstić information content (AvgIpc) is 3.35. The SMILES string of the molecule is O=C(O)C1(CNC(=O)C2(Cc3ccccc3)CC2)CCCCC1. The highest BCUT2D eigenvalue weighted by molar-refractivity contribution is 5.86. The van der Waals surface area contributed by atoms with Gasteiger partial charge < -0.3 is 10.4 Å². The summed E-state index contributed by atoms with van der Waals surface area (Å²) in [6.45, 7) is 0.276. The molecule has 0 atom stereocenters. The molecule has 23 heavy (non-hydrogen) atoms. The van der Waals surface area contributed by atoms with Gasteiger partial charge in [0.15, 0.2) is 0 Å². The van der Waals surface area contributed by atoms with Crippen LogP contribution in [-0.4, -0.2) is 23.5 Å². The molecule has 0 aromatic heterocycles. The number of hydrogen-bond acceptors (Lipinski definition) is 2. The highest BCUT2D eigenvalue weighted by Crippen LogP contribution is 2.49. The molecule has 0 spiro atoms. The van der Waals surface area contributed by atoms with E-state index in [1.54, 1.807) is 0 Å². The second-order valence-electron chi connectivity index (χ2n) is 7.27. The maximum absolute atomic E-state index is 12.6. The van der Waals surface area contributed by atoms with Crippen LogP contribution < -0.4 is 5.32 Å². The van der Waals surface area contributed by atoms with Crippen molar-refractivity contribution >= 4 is 11.9 Å². The molecule has 0 unspecified atom stereocenters. The van der Waals surface area contributed by atoms with Crippen molar-refractivity contribution in [2.75, 3.05) is 6.54 Å². The Labute approximate surface area is 137 Å². The molecule has 0 aliphatic heterocycles. The van der Waals surface area contributed by atoms with Crippen LogP contribution in [0.15, 0.2) is 30.3 Å². The molecule has 4 heteroatoms. The minimum Gasteiger partial charge on any atom is -0.481 e. The zero-order valence-electron chi connectivity index (χ0n) is 13.5. The number of carbonyl (C=O) groups is 2. The predicted molar refractivity (Wildman–Crippen MR) is 88.0 cm³/mol. The van der Waals surface area contributed by atoms with Crippen LogP contribution >= 0.6 is 0 Å². The quantitative estimate of drug-likeness (QED) is 0.847. The van der Waals surface area contributed by atoms with E-state index < -0.39 is 11.4 Å². The maximum Gasteiger partial charge on any atom is 0.311 e. The summed E-state index contributed by atoms with van der Waals surface area (Å²) in [5.74, 6) is -0.724. The molecule has 3 rings (SSSR count). The van der Waals surface area contributed by atoms with E-state index in [1.165, 1.54) is 5.56 Å². The molecule has 0 bridgehead atoms. The van der Waals surface area contributed by atoms with Crippen molar-refractivity contribution in [2.45, 2.75) is 51.4 Å². The number of benzene rings is 1. The summed E-state index contributed by atoms with van der Waals surface area (Å²) in [4.78, 5) is 24.3.